The third-order valence-corrected chi connectivity index (χ3v) is 10.1. The number of carbonyl (C=O) groups excluding carboxylic acids is 4. The van der Waals surface area contributed by atoms with E-state index in [-0.39, 0.29) is 24.1 Å². The molecule has 0 spiro atoms. The van der Waals surface area contributed by atoms with Gasteiger partial charge in [-0.3, -0.25) is 19.2 Å². The van der Waals surface area contributed by atoms with Gasteiger partial charge < -0.3 is 15.3 Å². The Bertz CT molecular complexity index is 1870. The van der Waals surface area contributed by atoms with Gasteiger partial charge in [-0.15, -0.1) is 0 Å². The van der Waals surface area contributed by atoms with Crippen LogP contribution in [-0.4, -0.2) is 44.9 Å². The van der Waals surface area contributed by atoms with E-state index in [1.165, 1.54) is 18.2 Å². The lowest BCUT2D eigenvalue weighted by atomic mass is 9.51. The van der Waals surface area contributed by atoms with Crippen LogP contribution < -0.4 is 9.80 Å². The molecule has 1 saturated carbocycles. The van der Waals surface area contributed by atoms with E-state index >= 15 is 0 Å². The number of carbonyl (C=O) groups is 5. The molecule has 3 aromatic carbocycles. The number of imide groups is 2. The summed E-state index contributed by atoms with van der Waals surface area (Å²) < 4.78 is 14.8. The number of phenolic OH excluding ortho intramolecular Hbond substituents is 1. The van der Waals surface area contributed by atoms with E-state index < -0.39 is 81.9 Å². The first-order chi connectivity index (χ1) is 21.4. The number of aromatic hydroxyl groups is 2. The van der Waals surface area contributed by atoms with Crippen molar-refractivity contribution in [3.63, 3.8) is 0 Å². The standard InChI is InChI=1S/C34H27FN2O8/c1-34-23(30(41)37(33(34)45)17-5-3-2-4-6-17)15-22-19(28(34)16-7-12-25(38)24(35)13-16)10-11-21-27(22)31(42)36(29(21)40)18-8-9-20(32(43)44)26(39)14-18/h2-10,12-14,21-23,27-28,38-39H,11,15H2,1H3,(H,43,44). The second-order valence-corrected chi connectivity index (χ2v) is 12.2. The van der Waals surface area contributed by atoms with Crippen LogP contribution in [0.4, 0.5) is 15.8 Å². The predicted molar refractivity (Wildman–Crippen MR) is 157 cm³/mol. The van der Waals surface area contributed by atoms with E-state index in [2.05, 4.69) is 0 Å². The summed E-state index contributed by atoms with van der Waals surface area (Å²) in [5.41, 5.74) is -0.355. The zero-order valence-corrected chi connectivity index (χ0v) is 23.9. The fraction of sp³-hybridized carbons (Fsp3) is 0.265. The Kier molecular flexibility index (Phi) is 6.23. The van der Waals surface area contributed by atoms with E-state index in [0.29, 0.717) is 16.8 Å². The van der Waals surface area contributed by atoms with Crippen molar-refractivity contribution in [2.24, 2.45) is 29.1 Å². The molecular formula is C34H27FN2O8. The maximum Gasteiger partial charge on any atom is 0.339 e. The minimum absolute atomic E-state index is 0.0172. The highest BCUT2D eigenvalue weighted by atomic mass is 19.1. The number of fused-ring (bicyclic) bond motifs is 4. The lowest BCUT2D eigenvalue weighted by Gasteiger charge is -2.49. The van der Waals surface area contributed by atoms with Crippen molar-refractivity contribution >= 4 is 41.0 Å². The summed E-state index contributed by atoms with van der Waals surface area (Å²) in [5, 5.41) is 29.5. The molecule has 0 aromatic heterocycles. The summed E-state index contributed by atoms with van der Waals surface area (Å²) in [7, 11) is 0. The van der Waals surface area contributed by atoms with Crippen LogP contribution in [0.1, 0.15) is 41.6 Å². The van der Waals surface area contributed by atoms with Crippen LogP contribution in [0.2, 0.25) is 0 Å². The molecule has 0 bridgehead atoms. The minimum Gasteiger partial charge on any atom is -0.507 e. The second-order valence-electron chi connectivity index (χ2n) is 12.2. The summed E-state index contributed by atoms with van der Waals surface area (Å²) in [4.78, 5) is 69.7. The normalized spacial score (nSPS) is 28.9. The summed E-state index contributed by atoms with van der Waals surface area (Å²) in [5.74, 6) is -9.61. The topological polar surface area (TPSA) is 153 Å². The first-order valence-electron chi connectivity index (χ1n) is 14.5. The Morgan fingerprint density at radius 1 is 0.844 bits per heavy atom. The highest BCUT2D eigenvalue weighted by molar-refractivity contribution is 6.25. The molecule has 6 atom stereocenters. The molecule has 2 aliphatic carbocycles. The molecule has 3 N–H and O–H groups in total. The lowest BCUT2D eigenvalue weighted by molar-refractivity contribution is -0.131. The number of hydrogen-bond acceptors (Lipinski definition) is 7. The number of hydrogen-bond donors (Lipinski definition) is 3. The van der Waals surface area contributed by atoms with Crippen molar-refractivity contribution in [3.05, 3.63) is 95.3 Å². The van der Waals surface area contributed by atoms with Gasteiger partial charge in [0, 0.05) is 12.0 Å². The fourth-order valence-electron chi connectivity index (χ4n) is 8.02. The molecule has 10 nitrogen and oxygen atoms in total. The Balaban J connectivity index is 1.35. The monoisotopic (exact) mass is 610 g/mol. The van der Waals surface area contributed by atoms with E-state index in [9.17, 15) is 43.7 Å². The quantitative estimate of drug-likeness (QED) is 0.291. The van der Waals surface area contributed by atoms with Crippen molar-refractivity contribution in [2.75, 3.05) is 9.80 Å². The van der Waals surface area contributed by atoms with Crippen LogP contribution in [-0.2, 0) is 19.2 Å². The maximum absolute atomic E-state index is 14.8. The molecule has 11 heteroatoms. The molecular weight excluding hydrogens is 583 g/mol. The van der Waals surface area contributed by atoms with Crippen LogP contribution in [0.3, 0.4) is 0 Å². The molecule has 0 radical (unpaired) electrons. The zero-order valence-electron chi connectivity index (χ0n) is 23.9. The van der Waals surface area contributed by atoms with Gasteiger partial charge in [-0.05, 0) is 67.6 Å². The highest BCUT2D eigenvalue weighted by Gasteiger charge is 2.67. The van der Waals surface area contributed by atoms with Crippen LogP contribution in [0.25, 0.3) is 0 Å². The van der Waals surface area contributed by atoms with E-state index in [0.717, 1.165) is 28.0 Å². The largest absolute Gasteiger partial charge is 0.507 e. The molecule has 228 valence electrons. The van der Waals surface area contributed by atoms with Gasteiger partial charge in [-0.25, -0.2) is 19.0 Å². The summed E-state index contributed by atoms with van der Waals surface area (Å²) in [6.45, 7) is 1.68. The SMILES string of the molecule is CC12C(=O)N(c3ccccc3)C(=O)C1CC1C(=CCC3C(=O)N(c4ccc(C(=O)O)c(O)c4)C(=O)C31)C2c1ccc(O)c(F)c1. The lowest BCUT2D eigenvalue weighted by Crippen LogP contribution is -2.48. The number of carboxylic acid groups (broad SMARTS) is 1. The van der Waals surface area contributed by atoms with Gasteiger partial charge in [0.1, 0.15) is 11.3 Å². The number of anilines is 2. The molecule has 2 saturated heterocycles. The van der Waals surface area contributed by atoms with Crippen LogP contribution >= 0.6 is 0 Å². The molecule has 45 heavy (non-hydrogen) atoms. The summed E-state index contributed by atoms with van der Waals surface area (Å²) in [6, 6.07) is 15.8. The van der Waals surface area contributed by atoms with E-state index in [1.54, 1.807) is 37.3 Å². The highest BCUT2D eigenvalue weighted by Crippen LogP contribution is 2.63. The summed E-state index contributed by atoms with van der Waals surface area (Å²) >= 11 is 0. The average molecular weight is 611 g/mol. The number of carboxylic acids is 1. The van der Waals surface area contributed by atoms with Crippen molar-refractivity contribution in [2.45, 2.75) is 25.7 Å². The van der Waals surface area contributed by atoms with E-state index in [1.807, 2.05) is 6.08 Å². The zero-order chi connectivity index (χ0) is 31.9. The minimum atomic E-state index is -1.37. The number of amides is 4. The number of aromatic carboxylic acids is 1. The summed E-state index contributed by atoms with van der Waals surface area (Å²) in [6.07, 6.45) is 2.04. The van der Waals surface area contributed by atoms with Gasteiger partial charge in [0.15, 0.2) is 11.6 Å². The third-order valence-electron chi connectivity index (χ3n) is 10.1. The number of para-hydroxylation sites is 1. The average Bonchev–Trinajstić information content (AvgIpc) is 3.38. The molecule has 6 unspecified atom stereocenters. The Labute approximate surface area is 256 Å². The molecule has 4 amide bonds. The van der Waals surface area contributed by atoms with Gasteiger partial charge >= 0.3 is 5.97 Å². The molecule has 3 aromatic rings. The molecule has 3 fully saturated rings. The van der Waals surface area contributed by atoms with Crippen LogP contribution in [0, 0.1) is 34.9 Å². The van der Waals surface area contributed by atoms with E-state index in [4.69, 9.17) is 0 Å². The van der Waals surface area contributed by atoms with Gasteiger partial charge in [-0.2, -0.15) is 0 Å². The van der Waals surface area contributed by atoms with Crippen LogP contribution in [0.15, 0.2) is 78.4 Å². The fourth-order valence-corrected chi connectivity index (χ4v) is 8.02. The van der Waals surface area contributed by atoms with Crippen molar-refractivity contribution in [3.8, 4) is 11.5 Å². The number of rotatable bonds is 4. The second kappa shape index (κ2) is 9.85. The number of benzene rings is 3. The van der Waals surface area contributed by atoms with Gasteiger partial charge in [0.25, 0.3) is 0 Å². The number of phenols is 2. The number of halogens is 1. The van der Waals surface area contributed by atoms with Gasteiger partial charge in [0.2, 0.25) is 23.6 Å². The number of allylic oxidation sites excluding steroid dienone is 2. The van der Waals surface area contributed by atoms with Gasteiger partial charge in [0.05, 0.1) is 34.5 Å². The van der Waals surface area contributed by atoms with Crippen LogP contribution in [0.5, 0.6) is 11.5 Å². The van der Waals surface area contributed by atoms with Crippen molar-refractivity contribution in [1.82, 2.24) is 0 Å². The molecule has 2 aliphatic heterocycles. The van der Waals surface area contributed by atoms with Crippen molar-refractivity contribution < 1.29 is 43.7 Å². The first-order valence-corrected chi connectivity index (χ1v) is 14.5. The Morgan fingerprint density at radius 3 is 2.24 bits per heavy atom. The van der Waals surface area contributed by atoms with Crippen molar-refractivity contribution in [1.29, 1.82) is 0 Å². The molecule has 7 rings (SSSR count). The maximum atomic E-state index is 14.8. The Hall–Kier alpha value is -5.32. The third kappa shape index (κ3) is 3.89. The molecule has 2 heterocycles. The smallest absolute Gasteiger partial charge is 0.339 e. The van der Waals surface area contributed by atoms with Gasteiger partial charge in [-0.1, -0.05) is 35.9 Å². The number of nitrogens with zero attached hydrogens (tertiary/aromatic N) is 2. The Morgan fingerprint density at radius 2 is 1.58 bits per heavy atom. The first kappa shape index (κ1) is 28.5. The molecule has 4 aliphatic rings. The predicted octanol–water partition coefficient (Wildman–Crippen LogP) is 4.37.